The van der Waals surface area contributed by atoms with Crippen LogP contribution < -0.4 is 0 Å². The maximum atomic E-state index is 13.0. The number of benzene rings is 1. The SMILES string of the molecule is C=CCN1C(=O)c2sc(Br)cc2C(c2ccc(Cl)c(Cl)c2)C1C(=O)OC. The lowest BCUT2D eigenvalue weighted by molar-refractivity contribution is -0.146. The molecule has 0 N–H and O–H groups in total. The van der Waals surface area contributed by atoms with Gasteiger partial charge in [0.2, 0.25) is 0 Å². The van der Waals surface area contributed by atoms with Gasteiger partial charge in [-0.25, -0.2) is 4.79 Å². The van der Waals surface area contributed by atoms with Crippen LogP contribution in [0.25, 0.3) is 0 Å². The van der Waals surface area contributed by atoms with Crippen molar-refractivity contribution in [1.29, 1.82) is 0 Å². The Morgan fingerprint density at radius 3 is 2.73 bits per heavy atom. The van der Waals surface area contributed by atoms with Crippen LogP contribution >= 0.6 is 50.5 Å². The zero-order chi connectivity index (χ0) is 19.0. The van der Waals surface area contributed by atoms with Crippen LogP contribution in [0.1, 0.15) is 26.7 Å². The van der Waals surface area contributed by atoms with Crippen molar-refractivity contribution in [3.8, 4) is 0 Å². The van der Waals surface area contributed by atoms with Crippen LogP contribution in [0.4, 0.5) is 0 Å². The van der Waals surface area contributed by atoms with E-state index in [0.717, 1.165) is 14.9 Å². The summed E-state index contributed by atoms with van der Waals surface area (Å²) < 4.78 is 5.82. The van der Waals surface area contributed by atoms with Crippen LogP contribution in [0, 0.1) is 0 Å². The van der Waals surface area contributed by atoms with Gasteiger partial charge in [-0.15, -0.1) is 17.9 Å². The molecule has 2 heterocycles. The van der Waals surface area contributed by atoms with Crippen molar-refractivity contribution in [1.82, 2.24) is 4.90 Å². The van der Waals surface area contributed by atoms with E-state index in [1.807, 2.05) is 12.1 Å². The van der Waals surface area contributed by atoms with Crippen molar-refractivity contribution < 1.29 is 14.3 Å². The number of methoxy groups -OCH3 is 1. The van der Waals surface area contributed by atoms with Gasteiger partial charge in [-0.05, 0) is 45.3 Å². The summed E-state index contributed by atoms with van der Waals surface area (Å²) >= 11 is 17.0. The largest absolute Gasteiger partial charge is 0.467 e. The Morgan fingerprint density at radius 2 is 2.12 bits per heavy atom. The van der Waals surface area contributed by atoms with Gasteiger partial charge in [0.05, 0.1) is 25.8 Å². The van der Waals surface area contributed by atoms with Gasteiger partial charge in [0.15, 0.2) is 0 Å². The van der Waals surface area contributed by atoms with Gasteiger partial charge >= 0.3 is 5.97 Å². The number of ether oxygens (including phenoxy) is 1. The molecule has 0 bridgehead atoms. The quantitative estimate of drug-likeness (QED) is 0.455. The second-order valence-electron chi connectivity index (χ2n) is 5.70. The molecule has 2 unspecified atom stereocenters. The molecule has 1 aromatic carbocycles. The van der Waals surface area contributed by atoms with Crippen LogP contribution in [0.5, 0.6) is 0 Å². The number of hydrogen-bond acceptors (Lipinski definition) is 4. The Bertz CT molecular complexity index is 899. The van der Waals surface area contributed by atoms with Crippen molar-refractivity contribution in [2.75, 3.05) is 13.7 Å². The Kier molecular flexibility index (Phi) is 5.77. The van der Waals surface area contributed by atoms with Gasteiger partial charge in [-0.3, -0.25) is 4.79 Å². The van der Waals surface area contributed by atoms with Gasteiger partial charge < -0.3 is 9.64 Å². The van der Waals surface area contributed by atoms with E-state index >= 15 is 0 Å². The first-order chi connectivity index (χ1) is 12.4. The molecule has 3 rings (SSSR count). The first-order valence-corrected chi connectivity index (χ1v) is 9.99. The molecule has 0 radical (unpaired) electrons. The summed E-state index contributed by atoms with van der Waals surface area (Å²) in [5.41, 5.74) is 1.55. The number of esters is 1. The third-order valence-electron chi connectivity index (χ3n) is 4.24. The monoisotopic (exact) mass is 473 g/mol. The number of fused-ring (bicyclic) bond motifs is 1. The lowest BCUT2D eigenvalue weighted by Crippen LogP contribution is -2.52. The summed E-state index contributed by atoms with van der Waals surface area (Å²) in [6.45, 7) is 3.93. The van der Waals surface area contributed by atoms with Crippen molar-refractivity contribution >= 4 is 62.3 Å². The number of halogens is 3. The van der Waals surface area contributed by atoms with Crippen LogP contribution in [0.3, 0.4) is 0 Å². The second kappa shape index (κ2) is 7.72. The molecule has 1 aliphatic heterocycles. The predicted molar refractivity (Wildman–Crippen MR) is 107 cm³/mol. The van der Waals surface area contributed by atoms with Crippen molar-refractivity contribution in [2.45, 2.75) is 12.0 Å². The highest BCUT2D eigenvalue weighted by atomic mass is 79.9. The van der Waals surface area contributed by atoms with Crippen LogP contribution in [-0.2, 0) is 9.53 Å². The Labute approximate surface area is 173 Å². The highest BCUT2D eigenvalue weighted by Crippen LogP contribution is 2.44. The topological polar surface area (TPSA) is 46.6 Å². The first kappa shape index (κ1) is 19.4. The van der Waals surface area contributed by atoms with E-state index in [2.05, 4.69) is 22.5 Å². The van der Waals surface area contributed by atoms with Gasteiger partial charge in [-0.1, -0.05) is 35.3 Å². The number of rotatable bonds is 4. The third kappa shape index (κ3) is 3.31. The molecule has 2 aromatic rings. The fourth-order valence-corrected chi connectivity index (χ4v) is 5.09. The molecule has 4 nitrogen and oxygen atoms in total. The number of carbonyl (C=O) groups is 2. The average molecular weight is 475 g/mol. The normalized spacial score (nSPS) is 19.2. The van der Waals surface area contributed by atoms with E-state index in [4.69, 9.17) is 27.9 Å². The maximum Gasteiger partial charge on any atom is 0.329 e. The molecule has 0 saturated heterocycles. The lowest BCUT2D eigenvalue weighted by atomic mass is 9.81. The fourth-order valence-electron chi connectivity index (χ4n) is 3.17. The van der Waals surface area contributed by atoms with E-state index < -0.39 is 17.9 Å². The molecule has 2 atom stereocenters. The summed E-state index contributed by atoms with van der Waals surface area (Å²) in [6, 6.07) is 6.26. The molecule has 0 saturated carbocycles. The predicted octanol–water partition coefficient (Wildman–Crippen LogP) is 5.13. The van der Waals surface area contributed by atoms with Crippen molar-refractivity contribution in [2.24, 2.45) is 0 Å². The van der Waals surface area contributed by atoms with Crippen LogP contribution in [0.15, 0.2) is 40.7 Å². The highest BCUT2D eigenvalue weighted by Gasteiger charge is 2.46. The van der Waals surface area contributed by atoms with Gasteiger partial charge in [0.25, 0.3) is 5.91 Å². The molecule has 0 spiro atoms. The summed E-state index contributed by atoms with van der Waals surface area (Å²) in [6.07, 6.45) is 1.59. The molecule has 8 heteroatoms. The minimum absolute atomic E-state index is 0.220. The third-order valence-corrected chi connectivity index (χ3v) is 6.62. The minimum atomic E-state index is -0.822. The second-order valence-corrected chi connectivity index (χ2v) is 8.95. The summed E-state index contributed by atoms with van der Waals surface area (Å²) in [4.78, 5) is 27.7. The van der Waals surface area contributed by atoms with Gasteiger partial charge in [0, 0.05) is 12.5 Å². The molecular weight excluding hydrogens is 461 g/mol. The number of nitrogens with zero attached hydrogens (tertiary/aromatic N) is 1. The smallest absolute Gasteiger partial charge is 0.329 e. The molecule has 136 valence electrons. The zero-order valence-electron chi connectivity index (χ0n) is 13.7. The standard InChI is InChI=1S/C18H14BrCl2NO3S/c1-3-6-22-15(18(24)25-2)14(9-4-5-11(20)12(21)7-9)10-8-13(19)26-16(10)17(22)23/h3-5,7-8,14-15H,1,6H2,2H3. The summed E-state index contributed by atoms with van der Waals surface area (Å²) in [5.74, 6) is -1.14. The molecule has 26 heavy (non-hydrogen) atoms. The minimum Gasteiger partial charge on any atom is -0.467 e. The van der Waals surface area contributed by atoms with Crippen molar-refractivity contribution in [3.05, 3.63) is 66.8 Å². The molecule has 1 aromatic heterocycles. The van der Waals surface area contributed by atoms with Crippen LogP contribution in [-0.4, -0.2) is 36.5 Å². The highest BCUT2D eigenvalue weighted by molar-refractivity contribution is 9.11. The van der Waals surface area contributed by atoms with E-state index in [1.165, 1.54) is 23.3 Å². The Morgan fingerprint density at radius 1 is 1.38 bits per heavy atom. The van der Waals surface area contributed by atoms with Crippen LogP contribution in [0.2, 0.25) is 10.0 Å². The summed E-state index contributed by atoms with van der Waals surface area (Å²) in [5, 5.41) is 0.808. The van der Waals surface area contributed by atoms with E-state index in [9.17, 15) is 9.59 Å². The summed E-state index contributed by atoms with van der Waals surface area (Å²) in [7, 11) is 1.31. The first-order valence-electron chi connectivity index (χ1n) is 7.63. The Hall–Kier alpha value is -1.34. The lowest BCUT2D eigenvalue weighted by Gasteiger charge is -2.39. The number of thiophene rings is 1. The van der Waals surface area contributed by atoms with Gasteiger partial charge in [-0.2, -0.15) is 0 Å². The number of carbonyl (C=O) groups excluding carboxylic acids is 2. The number of hydrogen-bond donors (Lipinski definition) is 0. The molecule has 1 amide bonds. The molecule has 0 fully saturated rings. The molecule has 0 aliphatic carbocycles. The fraction of sp³-hybridized carbons (Fsp3) is 0.222. The molecular formula is C18H14BrCl2NO3S. The van der Waals surface area contributed by atoms with Gasteiger partial charge in [0.1, 0.15) is 6.04 Å². The average Bonchev–Trinajstić information content (AvgIpc) is 3.00. The maximum absolute atomic E-state index is 13.0. The molecule has 1 aliphatic rings. The van der Waals surface area contributed by atoms with E-state index in [0.29, 0.717) is 14.9 Å². The van der Waals surface area contributed by atoms with E-state index in [-0.39, 0.29) is 12.5 Å². The van der Waals surface area contributed by atoms with Crippen molar-refractivity contribution in [3.63, 3.8) is 0 Å². The number of amides is 1. The zero-order valence-corrected chi connectivity index (χ0v) is 17.6. The van der Waals surface area contributed by atoms with E-state index in [1.54, 1.807) is 18.2 Å². The Balaban J connectivity index is 2.25.